The molecular formula is C14H17F3NO5P. The molecule has 1 amide bonds. The average Bonchev–Trinajstić information content (AvgIpc) is 2.51. The number of hydrogen-bond acceptors (Lipinski definition) is 5. The summed E-state index contributed by atoms with van der Waals surface area (Å²) in [5.41, 5.74) is -1.37. The van der Waals surface area contributed by atoms with Gasteiger partial charge in [0.2, 0.25) is 5.45 Å². The van der Waals surface area contributed by atoms with Crippen molar-refractivity contribution in [2.24, 2.45) is 4.99 Å². The van der Waals surface area contributed by atoms with Crippen LogP contribution in [0.25, 0.3) is 0 Å². The zero-order valence-corrected chi connectivity index (χ0v) is 14.0. The van der Waals surface area contributed by atoms with Crippen LogP contribution in [0.1, 0.15) is 19.4 Å². The van der Waals surface area contributed by atoms with Gasteiger partial charge in [-0.1, -0.05) is 30.3 Å². The molecule has 0 aliphatic heterocycles. The van der Waals surface area contributed by atoms with Crippen LogP contribution in [0.4, 0.5) is 18.0 Å². The van der Waals surface area contributed by atoms with Crippen LogP contribution in [-0.4, -0.2) is 30.9 Å². The van der Waals surface area contributed by atoms with Crippen molar-refractivity contribution in [3.05, 3.63) is 35.9 Å². The molecule has 134 valence electrons. The predicted octanol–water partition coefficient (Wildman–Crippen LogP) is 4.55. The molecule has 10 heteroatoms. The van der Waals surface area contributed by atoms with Gasteiger partial charge < -0.3 is 13.8 Å². The number of benzene rings is 1. The van der Waals surface area contributed by atoms with Crippen LogP contribution in [-0.2, 0) is 25.0 Å². The highest BCUT2D eigenvalue weighted by Crippen LogP contribution is 2.54. The Bertz CT molecular complexity index is 609. The van der Waals surface area contributed by atoms with Crippen molar-refractivity contribution in [3.8, 4) is 0 Å². The Morgan fingerprint density at radius 2 is 1.67 bits per heavy atom. The Kier molecular flexibility index (Phi) is 7.59. The minimum absolute atomic E-state index is 0.276. The van der Waals surface area contributed by atoms with Crippen LogP contribution >= 0.6 is 7.60 Å². The lowest BCUT2D eigenvalue weighted by atomic mass is 10.2. The highest BCUT2D eigenvalue weighted by Gasteiger charge is 2.51. The van der Waals surface area contributed by atoms with E-state index in [9.17, 15) is 22.5 Å². The lowest BCUT2D eigenvalue weighted by Crippen LogP contribution is -2.26. The SMILES string of the molecule is CCOP(=O)(OCC)C(=NC(=O)OCc1ccccc1)C(F)(F)F. The summed E-state index contributed by atoms with van der Waals surface area (Å²) in [6, 6.07) is 8.31. The third kappa shape index (κ3) is 6.07. The first-order valence-corrected chi connectivity index (χ1v) is 8.53. The number of amides is 1. The van der Waals surface area contributed by atoms with Crippen LogP contribution in [0.15, 0.2) is 35.3 Å². The van der Waals surface area contributed by atoms with E-state index in [0.29, 0.717) is 5.56 Å². The minimum atomic E-state index is -5.17. The molecule has 1 rings (SSSR count). The maximum Gasteiger partial charge on any atom is 0.441 e. The van der Waals surface area contributed by atoms with E-state index in [-0.39, 0.29) is 19.8 Å². The molecular weight excluding hydrogens is 350 g/mol. The first-order valence-electron chi connectivity index (χ1n) is 6.99. The number of halogens is 3. The zero-order valence-electron chi connectivity index (χ0n) is 13.1. The Labute approximate surface area is 137 Å². The molecule has 0 aliphatic carbocycles. The van der Waals surface area contributed by atoms with Crippen LogP contribution in [0.3, 0.4) is 0 Å². The Balaban J connectivity index is 3.00. The molecule has 0 aromatic heterocycles. The van der Waals surface area contributed by atoms with E-state index < -0.39 is 25.3 Å². The quantitative estimate of drug-likeness (QED) is 0.522. The lowest BCUT2D eigenvalue weighted by molar-refractivity contribution is -0.0575. The number of hydrogen-bond donors (Lipinski definition) is 0. The number of carbonyl (C=O) groups is 1. The fourth-order valence-electron chi connectivity index (χ4n) is 1.62. The van der Waals surface area contributed by atoms with Crippen molar-refractivity contribution in [1.82, 2.24) is 0 Å². The topological polar surface area (TPSA) is 74.2 Å². The molecule has 0 bridgehead atoms. The predicted molar refractivity (Wildman–Crippen MR) is 81.0 cm³/mol. The Morgan fingerprint density at radius 1 is 1.12 bits per heavy atom. The first-order chi connectivity index (χ1) is 11.2. The summed E-state index contributed by atoms with van der Waals surface area (Å²) >= 11 is 0. The fourth-order valence-corrected chi connectivity index (χ4v) is 3.13. The second-order valence-electron chi connectivity index (χ2n) is 4.31. The van der Waals surface area contributed by atoms with Gasteiger partial charge in [-0.3, -0.25) is 4.57 Å². The van der Waals surface area contributed by atoms with E-state index in [1.54, 1.807) is 30.3 Å². The number of alkyl halides is 3. The highest BCUT2D eigenvalue weighted by molar-refractivity contribution is 7.72. The molecule has 6 nitrogen and oxygen atoms in total. The molecule has 1 aromatic rings. The van der Waals surface area contributed by atoms with Gasteiger partial charge in [-0.05, 0) is 19.4 Å². The van der Waals surface area contributed by atoms with Gasteiger partial charge >= 0.3 is 19.9 Å². The molecule has 0 fully saturated rings. The summed E-state index contributed by atoms with van der Waals surface area (Å²) in [5, 5.41) is 0. The largest absolute Gasteiger partial charge is 0.443 e. The van der Waals surface area contributed by atoms with E-state index in [1.807, 2.05) is 0 Å². The molecule has 0 radical (unpaired) electrons. The summed E-state index contributed by atoms with van der Waals surface area (Å²) in [7, 11) is -4.78. The number of carbonyl (C=O) groups excluding carboxylic acids is 1. The van der Waals surface area contributed by atoms with E-state index in [2.05, 4.69) is 18.8 Å². The average molecular weight is 367 g/mol. The van der Waals surface area contributed by atoms with Crippen molar-refractivity contribution in [2.45, 2.75) is 26.6 Å². The summed E-state index contributed by atoms with van der Waals surface area (Å²) in [6.45, 7) is 1.78. The van der Waals surface area contributed by atoms with Crippen LogP contribution in [0.5, 0.6) is 0 Å². The number of ether oxygens (including phenoxy) is 1. The van der Waals surface area contributed by atoms with Gasteiger partial charge in [0.05, 0.1) is 13.2 Å². The van der Waals surface area contributed by atoms with E-state index in [4.69, 9.17) is 0 Å². The molecule has 0 heterocycles. The minimum Gasteiger partial charge on any atom is -0.443 e. The van der Waals surface area contributed by atoms with Crippen molar-refractivity contribution >= 4 is 19.1 Å². The molecule has 0 saturated heterocycles. The zero-order chi connectivity index (χ0) is 18.2. The highest BCUT2D eigenvalue weighted by atomic mass is 31.2. The van der Waals surface area contributed by atoms with Gasteiger partial charge in [0.25, 0.3) is 0 Å². The Morgan fingerprint density at radius 3 is 2.12 bits per heavy atom. The monoisotopic (exact) mass is 367 g/mol. The normalized spacial score (nSPS) is 13.0. The van der Waals surface area contributed by atoms with Crippen molar-refractivity contribution in [2.75, 3.05) is 13.2 Å². The molecule has 1 aromatic carbocycles. The molecule has 0 spiro atoms. The molecule has 0 unspecified atom stereocenters. The van der Waals surface area contributed by atoms with Crippen LogP contribution in [0, 0.1) is 0 Å². The van der Waals surface area contributed by atoms with Crippen molar-refractivity contribution in [3.63, 3.8) is 0 Å². The number of rotatable bonds is 7. The summed E-state index contributed by atoms with van der Waals surface area (Å²) in [4.78, 5) is 14.4. The van der Waals surface area contributed by atoms with Crippen LogP contribution in [0.2, 0.25) is 0 Å². The maximum absolute atomic E-state index is 13.1. The standard InChI is InChI=1S/C14H17F3NO5P/c1-3-22-24(20,23-4-2)12(14(15,16)17)18-13(19)21-10-11-8-6-5-7-9-11/h5-9H,3-4,10H2,1-2H3. The summed E-state index contributed by atoms with van der Waals surface area (Å²) < 4.78 is 65.5. The molecule has 24 heavy (non-hydrogen) atoms. The fraction of sp³-hybridized carbons (Fsp3) is 0.429. The van der Waals surface area contributed by atoms with Crippen molar-refractivity contribution in [1.29, 1.82) is 0 Å². The van der Waals surface area contributed by atoms with E-state index in [1.165, 1.54) is 13.8 Å². The van der Waals surface area contributed by atoms with Crippen LogP contribution < -0.4 is 0 Å². The van der Waals surface area contributed by atoms with Gasteiger partial charge in [0, 0.05) is 0 Å². The number of nitrogens with zero attached hydrogens (tertiary/aromatic N) is 1. The molecule has 0 aliphatic rings. The van der Waals surface area contributed by atoms with E-state index in [0.717, 1.165) is 0 Å². The third-order valence-corrected chi connectivity index (χ3v) is 4.58. The third-order valence-electron chi connectivity index (χ3n) is 2.51. The molecule has 0 saturated carbocycles. The summed E-state index contributed by atoms with van der Waals surface area (Å²) in [6.07, 6.45) is -6.71. The number of aliphatic imine (C=N–C) groups is 1. The lowest BCUT2D eigenvalue weighted by Gasteiger charge is -2.20. The second-order valence-corrected chi connectivity index (χ2v) is 6.24. The Hall–Kier alpha value is -1.70. The van der Waals surface area contributed by atoms with Gasteiger partial charge in [-0.2, -0.15) is 18.2 Å². The van der Waals surface area contributed by atoms with E-state index >= 15 is 0 Å². The summed E-state index contributed by atoms with van der Waals surface area (Å²) in [5.74, 6) is 0. The van der Waals surface area contributed by atoms with Crippen molar-refractivity contribution < 1.29 is 36.3 Å². The van der Waals surface area contributed by atoms with Gasteiger partial charge in [-0.15, -0.1) is 0 Å². The smallest absolute Gasteiger partial charge is 0.441 e. The van der Waals surface area contributed by atoms with Gasteiger partial charge in [-0.25, -0.2) is 4.79 Å². The first kappa shape index (κ1) is 20.3. The maximum atomic E-state index is 13.1. The van der Waals surface area contributed by atoms with Gasteiger partial charge in [0.1, 0.15) is 6.61 Å². The molecule has 0 N–H and O–H groups in total. The van der Waals surface area contributed by atoms with Gasteiger partial charge in [0.15, 0.2) is 0 Å². The second kappa shape index (κ2) is 8.96. The molecule has 0 atom stereocenters.